The summed E-state index contributed by atoms with van der Waals surface area (Å²) in [6, 6.07) is 12.0. The smallest absolute Gasteiger partial charge is 0.160 e. The number of hydrogen-bond acceptors (Lipinski definition) is 4. The molecule has 2 fully saturated rings. The predicted octanol–water partition coefficient (Wildman–Crippen LogP) is 6.40. The van der Waals surface area contributed by atoms with Crippen LogP contribution in [0.1, 0.15) is 80.1 Å². The van der Waals surface area contributed by atoms with Crippen LogP contribution in [0.25, 0.3) is 17.2 Å². The number of rotatable bonds is 9. The number of fused-ring (bicyclic) bond motifs is 1. The normalized spacial score (nSPS) is 18.4. The highest BCUT2D eigenvalue weighted by Gasteiger charge is 2.25. The number of aryl methyl sites for hydroxylation is 3. The molecule has 0 atom stereocenters. The van der Waals surface area contributed by atoms with Crippen LogP contribution in [-0.2, 0) is 13.0 Å². The Balaban J connectivity index is 1.18. The topological polar surface area (TPSA) is 37.2 Å². The van der Waals surface area contributed by atoms with Crippen molar-refractivity contribution in [2.75, 3.05) is 32.7 Å². The van der Waals surface area contributed by atoms with E-state index in [0.717, 1.165) is 54.7 Å². The third-order valence-corrected chi connectivity index (χ3v) is 8.31. The summed E-state index contributed by atoms with van der Waals surface area (Å²) in [5, 5.41) is 0. The Morgan fingerprint density at radius 1 is 0.946 bits per heavy atom. The summed E-state index contributed by atoms with van der Waals surface area (Å²) < 4.78 is 2.34. The molecule has 0 saturated carbocycles. The molecular weight excluding hydrogens is 454 g/mol. The minimum absolute atomic E-state index is 0.821. The summed E-state index contributed by atoms with van der Waals surface area (Å²) in [7, 11) is 0. The number of pyridine rings is 1. The first-order chi connectivity index (χ1) is 18.1. The van der Waals surface area contributed by atoms with Crippen molar-refractivity contribution in [2.45, 2.75) is 84.7 Å². The van der Waals surface area contributed by atoms with E-state index in [9.17, 15) is 0 Å². The molecule has 2 aromatic heterocycles. The standard InChI is InChI=1S/C32H45N5/c1-4-5-11-30-34-31-25(2)23-26(3)33-32(31)37(30)24-28-14-12-27(13-15-28)10-9-18-35-21-16-29(17-22-35)36-19-7-6-8-20-36/h9-10,12-15,23,29H,4-8,11,16-22,24H2,1-3H3. The lowest BCUT2D eigenvalue weighted by Gasteiger charge is -2.40. The molecule has 0 spiro atoms. The molecule has 3 aromatic rings. The van der Waals surface area contributed by atoms with Crippen LogP contribution >= 0.6 is 0 Å². The van der Waals surface area contributed by atoms with Gasteiger partial charge in [0.15, 0.2) is 5.65 Å². The Morgan fingerprint density at radius 2 is 1.70 bits per heavy atom. The molecule has 2 saturated heterocycles. The van der Waals surface area contributed by atoms with Crippen molar-refractivity contribution in [1.82, 2.24) is 24.3 Å². The fourth-order valence-electron chi connectivity index (χ4n) is 6.15. The molecule has 37 heavy (non-hydrogen) atoms. The Morgan fingerprint density at radius 3 is 2.43 bits per heavy atom. The van der Waals surface area contributed by atoms with E-state index in [1.807, 2.05) is 0 Å². The first-order valence-electron chi connectivity index (χ1n) is 14.7. The summed E-state index contributed by atoms with van der Waals surface area (Å²) in [5.41, 5.74) is 6.93. The molecule has 5 heteroatoms. The fraction of sp³-hybridized carbons (Fsp3) is 0.562. The third-order valence-electron chi connectivity index (χ3n) is 8.31. The van der Waals surface area contributed by atoms with Gasteiger partial charge in [0.2, 0.25) is 0 Å². The van der Waals surface area contributed by atoms with Gasteiger partial charge in [0.05, 0.1) is 6.54 Å². The van der Waals surface area contributed by atoms with Crippen molar-refractivity contribution in [3.05, 3.63) is 64.6 Å². The van der Waals surface area contributed by atoms with Crippen LogP contribution in [0.5, 0.6) is 0 Å². The van der Waals surface area contributed by atoms with Crippen molar-refractivity contribution in [3.8, 4) is 0 Å². The zero-order chi connectivity index (χ0) is 25.6. The van der Waals surface area contributed by atoms with Gasteiger partial charge >= 0.3 is 0 Å². The zero-order valence-corrected chi connectivity index (χ0v) is 23.3. The van der Waals surface area contributed by atoms with Crippen molar-refractivity contribution < 1.29 is 0 Å². The van der Waals surface area contributed by atoms with Crippen LogP contribution in [-0.4, -0.2) is 63.1 Å². The first kappa shape index (κ1) is 26.1. The van der Waals surface area contributed by atoms with Gasteiger partial charge in [-0.3, -0.25) is 4.90 Å². The number of benzene rings is 1. The van der Waals surface area contributed by atoms with Crippen molar-refractivity contribution >= 4 is 17.2 Å². The molecule has 0 unspecified atom stereocenters. The molecular formula is C32H45N5. The monoisotopic (exact) mass is 499 g/mol. The van der Waals surface area contributed by atoms with Gasteiger partial charge in [0.1, 0.15) is 11.3 Å². The van der Waals surface area contributed by atoms with Crippen molar-refractivity contribution in [3.63, 3.8) is 0 Å². The van der Waals surface area contributed by atoms with Gasteiger partial charge in [-0.05, 0) is 94.9 Å². The Bertz CT molecular complexity index is 1180. The highest BCUT2D eigenvalue weighted by molar-refractivity contribution is 5.76. The molecule has 2 aliphatic rings. The number of unbranched alkanes of at least 4 members (excludes halogenated alkanes) is 1. The summed E-state index contributed by atoms with van der Waals surface area (Å²) in [5.74, 6) is 1.16. The second-order valence-corrected chi connectivity index (χ2v) is 11.2. The molecule has 198 valence electrons. The van der Waals surface area contributed by atoms with Crippen LogP contribution < -0.4 is 0 Å². The molecule has 5 nitrogen and oxygen atoms in total. The van der Waals surface area contributed by atoms with E-state index >= 15 is 0 Å². The maximum Gasteiger partial charge on any atom is 0.160 e. The van der Waals surface area contributed by atoms with E-state index in [-0.39, 0.29) is 0 Å². The molecule has 4 heterocycles. The molecule has 2 aliphatic heterocycles. The maximum absolute atomic E-state index is 5.00. The summed E-state index contributed by atoms with van der Waals surface area (Å²) in [6.45, 7) is 13.5. The SMILES string of the molecule is CCCCc1nc2c(C)cc(C)nc2n1Cc1ccc(C=CCN2CCC(N3CCCCC3)CC2)cc1. The lowest BCUT2D eigenvalue weighted by atomic mass is 10.00. The molecule has 1 aromatic carbocycles. The lowest BCUT2D eigenvalue weighted by Crippen LogP contribution is -2.46. The summed E-state index contributed by atoms with van der Waals surface area (Å²) in [4.78, 5) is 15.3. The number of aromatic nitrogens is 3. The minimum Gasteiger partial charge on any atom is -0.308 e. The van der Waals surface area contributed by atoms with Crippen molar-refractivity contribution in [1.29, 1.82) is 0 Å². The minimum atomic E-state index is 0.821. The predicted molar refractivity (Wildman–Crippen MR) is 155 cm³/mol. The van der Waals surface area contributed by atoms with Crippen LogP contribution in [0.4, 0.5) is 0 Å². The molecule has 0 aliphatic carbocycles. The maximum atomic E-state index is 5.00. The van der Waals surface area contributed by atoms with Crippen LogP contribution in [0.2, 0.25) is 0 Å². The second-order valence-electron chi connectivity index (χ2n) is 11.2. The van der Waals surface area contributed by atoms with Crippen LogP contribution in [0.3, 0.4) is 0 Å². The number of imidazole rings is 1. The highest BCUT2D eigenvalue weighted by atomic mass is 15.2. The number of likely N-dealkylation sites (tertiary alicyclic amines) is 2. The second kappa shape index (κ2) is 12.4. The Hall–Kier alpha value is -2.50. The third kappa shape index (κ3) is 6.50. The molecule has 0 N–H and O–H groups in total. The van der Waals surface area contributed by atoms with Crippen LogP contribution in [0.15, 0.2) is 36.4 Å². The molecule has 0 bridgehead atoms. The van der Waals surface area contributed by atoms with Crippen LogP contribution in [0, 0.1) is 13.8 Å². The van der Waals surface area contributed by atoms with E-state index in [1.54, 1.807) is 0 Å². The Labute approximate surface area is 223 Å². The van der Waals surface area contributed by atoms with Gasteiger partial charge in [-0.1, -0.05) is 56.2 Å². The van der Waals surface area contributed by atoms with Gasteiger partial charge in [-0.15, -0.1) is 0 Å². The first-order valence-corrected chi connectivity index (χ1v) is 14.7. The quantitative estimate of drug-likeness (QED) is 0.341. The summed E-state index contributed by atoms with van der Waals surface area (Å²) in [6.07, 6.45) is 14.9. The number of piperidine rings is 2. The van der Waals surface area contributed by atoms with Crippen molar-refractivity contribution in [2.24, 2.45) is 0 Å². The van der Waals surface area contributed by atoms with Gasteiger partial charge in [0, 0.05) is 24.7 Å². The number of hydrogen-bond donors (Lipinski definition) is 0. The van der Waals surface area contributed by atoms with Gasteiger partial charge < -0.3 is 9.47 Å². The molecule has 0 radical (unpaired) electrons. The van der Waals surface area contributed by atoms with E-state index in [2.05, 4.69) is 77.6 Å². The van der Waals surface area contributed by atoms with E-state index in [4.69, 9.17) is 9.97 Å². The average Bonchev–Trinajstić information content (AvgIpc) is 3.26. The van der Waals surface area contributed by atoms with E-state index < -0.39 is 0 Å². The lowest BCUT2D eigenvalue weighted by molar-refractivity contribution is 0.0975. The van der Waals surface area contributed by atoms with E-state index in [1.165, 1.54) is 81.4 Å². The van der Waals surface area contributed by atoms with Gasteiger partial charge in [-0.25, -0.2) is 9.97 Å². The molecule has 0 amide bonds. The fourth-order valence-corrected chi connectivity index (χ4v) is 6.15. The van der Waals surface area contributed by atoms with Gasteiger partial charge in [0.25, 0.3) is 0 Å². The summed E-state index contributed by atoms with van der Waals surface area (Å²) >= 11 is 0. The largest absolute Gasteiger partial charge is 0.308 e. The average molecular weight is 500 g/mol. The van der Waals surface area contributed by atoms with Gasteiger partial charge in [-0.2, -0.15) is 0 Å². The number of nitrogens with zero attached hydrogens (tertiary/aromatic N) is 5. The Kier molecular flexibility index (Phi) is 8.73. The highest BCUT2D eigenvalue weighted by Crippen LogP contribution is 2.23. The molecule has 5 rings (SSSR count). The van der Waals surface area contributed by atoms with E-state index in [0.29, 0.717) is 0 Å². The zero-order valence-electron chi connectivity index (χ0n) is 23.3.